The van der Waals surface area contributed by atoms with Gasteiger partial charge in [0.2, 0.25) is 5.91 Å². The van der Waals surface area contributed by atoms with Gasteiger partial charge in [0.1, 0.15) is 11.4 Å². The number of piperidine rings is 1. The molecule has 0 spiro atoms. The van der Waals surface area contributed by atoms with Crippen molar-refractivity contribution < 1.29 is 14.3 Å². The fourth-order valence-corrected chi connectivity index (χ4v) is 3.23. The highest BCUT2D eigenvalue weighted by Crippen LogP contribution is 2.56. The molecule has 1 saturated heterocycles. The Hall–Kier alpha value is -2.02. The van der Waals surface area contributed by atoms with E-state index in [0.29, 0.717) is 31.1 Å². The minimum absolute atomic E-state index is 0.0755. The lowest BCUT2D eigenvalue weighted by atomic mass is 10.1. The van der Waals surface area contributed by atoms with Crippen molar-refractivity contribution in [2.24, 2.45) is 5.92 Å². The molecule has 1 N–H and O–H groups in total. The van der Waals surface area contributed by atoms with Crippen LogP contribution in [0.3, 0.4) is 0 Å². The first-order valence-electron chi connectivity index (χ1n) is 7.47. The summed E-state index contributed by atoms with van der Waals surface area (Å²) in [6.45, 7) is 3.30. The number of hydrogen-bond acceptors (Lipinski definition) is 5. The number of rotatable bonds is 5. The number of carbonyl (C=O) groups excluding carboxylic acids is 2. The zero-order chi connectivity index (χ0) is 15.7. The molecule has 2 aliphatic rings. The SMILES string of the molecule is COCCNC(=O)C12CC1CCN2C(=O)c1cnc(C)nc1. The molecule has 1 aromatic heterocycles. The number of aryl methyl sites for hydroxylation is 1. The largest absolute Gasteiger partial charge is 0.383 e. The van der Waals surface area contributed by atoms with E-state index in [4.69, 9.17) is 4.74 Å². The number of hydrogen-bond donors (Lipinski definition) is 1. The summed E-state index contributed by atoms with van der Waals surface area (Å²) in [5.74, 6) is 0.648. The summed E-state index contributed by atoms with van der Waals surface area (Å²) in [7, 11) is 1.59. The van der Waals surface area contributed by atoms with Crippen molar-refractivity contribution in [3.8, 4) is 0 Å². The van der Waals surface area contributed by atoms with Gasteiger partial charge in [-0.25, -0.2) is 9.97 Å². The van der Waals surface area contributed by atoms with Crippen LogP contribution < -0.4 is 5.32 Å². The predicted molar refractivity (Wildman–Crippen MR) is 78.1 cm³/mol. The van der Waals surface area contributed by atoms with Crippen molar-refractivity contribution in [2.75, 3.05) is 26.8 Å². The monoisotopic (exact) mass is 304 g/mol. The molecule has 0 bridgehead atoms. The van der Waals surface area contributed by atoms with Gasteiger partial charge in [-0.1, -0.05) is 0 Å². The number of carbonyl (C=O) groups is 2. The summed E-state index contributed by atoms with van der Waals surface area (Å²) in [5.41, 5.74) is -0.238. The molecule has 0 radical (unpaired) electrons. The molecule has 2 heterocycles. The van der Waals surface area contributed by atoms with Crippen LogP contribution in [0.4, 0.5) is 0 Å². The smallest absolute Gasteiger partial charge is 0.257 e. The first kappa shape index (κ1) is 14.9. The van der Waals surface area contributed by atoms with Crippen LogP contribution in [0.1, 0.15) is 29.0 Å². The molecule has 1 aliphatic heterocycles. The molecule has 1 aromatic rings. The van der Waals surface area contributed by atoms with E-state index in [2.05, 4.69) is 15.3 Å². The van der Waals surface area contributed by atoms with E-state index in [1.807, 2.05) is 0 Å². The fourth-order valence-electron chi connectivity index (χ4n) is 3.23. The Balaban J connectivity index is 1.74. The quantitative estimate of drug-likeness (QED) is 0.783. The first-order chi connectivity index (χ1) is 10.6. The van der Waals surface area contributed by atoms with Crippen LogP contribution in [0.2, 0.25) is 0 Å². The number of ether oxygens (including phenoxy) is 1. The molecule has 22 heavy (non-hydrogen) atoms. The lowest BCUT2D eigenvalue weighted by Gasteiger charge is -2.27. The maximum Gasteiger partial charge on any atom is 0.257 e. The highest BCUT2D eigenvalue weighted by molar-refractivity contribution is 6.01. The van der Waals surface area contributed by atoms with E-state index in [1.165, 1.54) is 12.4 Å². The highest BCUT2D eigenvalue weighted by Gasteiger charge is 2.68. The normalized spacial score (nSPS) is 25.7. The third-order valence-corrected chi connectivity index (χ3v) is 4.51. The lowest BCUT2D eigenvalue weighted by molar-refractivity contribution is -0.126. The van der Waals surface area contributed by atoms with Gasteiger partial charge in [0.05, 0.1) is 12.2 Å². The van der Waals surface area contributed by atoms with Crippen LogP contribution in [0.25, 0.3) is 0 Å². The van der Waals surface area contributed by atoms with Gasteiger partial charge in [0.25, 0.3) is 5.91 Å². The number of methoxy groups -OCH3 is 1. The number of fused-ring (bicyclic) bond motifs is 1. The van der Waals surface area contributed by atoms with Crippen molar-refractivity contribution in [1.82, 2.24) is 20.2 Å². The maximum atomic E-state index is 12.7. The van der Waals surface area contributed by atoms with E-state index in [9.17, 15) is 9.59 Å². The topological polar surface area (TPSA) is 84.4 Å². The Morgan fingerprint density at radius 1 is 1.45 bits per heavy atom. The Morgan fingerprint density at radius 2 is 2.18 bits per heavy atom. The Labute approximate surface area is 129 Å². The van der Waals surface area contributed by atoms with Crippen LogP contribution in [-0.4, -0.2) is 59.0 Å². The van der Waals surface area contributed by atoms with E-state index in [0.717, 1.165) is 12.8 Å². The predicted octanol–water partition coefficient (Wildman–Crippen LogP) is 0.152. The van der Waals surface area contributed by atoms with Crippen LogP contribution >= 0.6 is 0 Å². The van der Waals surface area contributed by atoms with Gasteiger partial charge in [-0.15, -0.1) is 0 Å². The van der Waals surface area contributed by atoms with Crippen LogP contribution in [0.15, 0.2) is 12.4 Å². The summed E-state index contributed by atoms with van der Waals surface area (Å²) >= 11 is 0. The second-order valence-electron chi connectivity index (χ2n) is 5.84. The summed E-state index contributed by atoms with van der Waals surface area (Å²) < 4.78 is 4.94. The Morgan fingerprint density at radius 3 is 2.82 bits per heavy atom. The number of nitrogens with one attached hydrogen (secondary N) is 1. The van der Waals surface area contributed by atoms with E-state index < -0.39 is 5.54 Å². The molecule has 2 fully saturated rings. The number of amides is 2. The number of likely N-dealkylation sites (tertiary alicyclic amines) is 1. The number of aromatic nitrogens is 2. The molecule has 2 unspecified atom stereocenters. The molecule has 7 heteroatoms. The van der Waals surface area contributed by atoms with Crippen LogP contribution in [0.5, 0.6) is 0 Å². The van der Waals surface area contributed by atoms with Gasteiger partial charge < -0.3 is 15.0 Å². The van der Waals surface area contributed by atoms with Crippen molar-refractivity contribution >= 4 is 11.8 Å². The molecule has 2 atom stereocenters. The maximum absolute atomic E-state index is 12.7. The molecule has 2 amide bonds. The van der Waals surface area contributed by atoms with Crippen molar-refractivity contribution in [2.45, 2.75) is 25.3 Å². The molecule has 1 aliphatic carbocycles. The summed E-state index contributed by atoms with van der Waals surface area (Å²) in [4.78, 5) is 35.0. The summed E-state index contributed by atoms with van der Waals surface area (Å²) in [6, 6.07) is 0. The molecule has 3 rings (SSSR count). The third kappa shape index (κ3) is 2.35. The zero-order valence-electron chi connectivity index (χ0n) is 12.8. The second kappa shape index (κ2) is 5.64. The van der Waals surface area contributed by atoms with Gasteiger partial charge in [-0.05, 0) is 25.7 Å². The standard InChI is InChI=1S/C15H20N4O3/c1-10-17-8-11(9-18-10)13(20)19-5-3-12-7-15(12,19)14(21)16-4-6-22-2/h8-9,12H,3-7H2,1-2H3,(H,16,21). The Kier molecular flexibility index (Phi) is 3.82. The minimum Gasteiger partial charge on any atom is -0.383 e. The van der Waals surface area contributed by atoms with Gasteiger partial charge in [-0.2, -0.15) is 0 Å². The molecular weight excluding hydrogens is 284 g/mol. The lowest BCUT2D eigenvalue weighted by Crippen LogP contribution is -2.51. The van der Waals surface area contributed by atoms with Crippen molar-refractivity contribution in [3.05, 3.63) is 23.8 Å². The molecular formula is C15H20N4O3. The summed E-state index contributed by atoms with van der Waals surface area (Å²) in [6.07, 6.45) is 4.66. The third-order valence-electron chi connectivity index (χ3n) is 4.51. The van der Waals surface area contributed by atoms with Gasteiger partial charge in [-0.3, -0.25) is 9.59 Å². The Bertz CT molecular complexity index is 589. The molecule has 0 aromatic carbocycles. The second-order valence-corrected chi connectivity index (χ2v) is 5.84. The number of nitrogens with zero attached hydrogens (tertiary/aromatic N) is 3. The molecule has 118 valence electrons. The van der Waals surface area contributed by atoms with Gasteiger partial charge >= 0.3 is 0 Å². The highest BCUT2D eigenvalue weighted by atomic mass is 16.5. The minimum atomic E-state index is -0.671. The first-order valence-corrected chi connectivity index (χ1v) is 7.47. The average molecular weight is 304 g/mol. The van der Waals surface area contributed by atoms with Gasteiger partial charge in [0.15, 0.2) is 0 Å². The van der Waals surface area contributed by atoms with E-state index in [-0.39, 0.29) is 17.7 Å². The zero-order valence-corrected chi connectivity index (χ0v) is 12.8. The van der Waals surface area contributed by atoms with E-state index >= 15 is 0 Å². The molecule has 7 nitrogen and oxygen atoms in total. The van der Waals surface area contributed by atoms with Gasteiger partial charge in [0, 0.05) is 32.6 Å². The van der Waals surface area contributed by atoms with Crippen LogP contribution in [0, 0.1) is 12.8 Å². The van der Waals surface area contributed by atoms with Crippen LogP contribution in [-0.2, 0) is 9.53 Å². The van der Waals surface area contributed by atoms with Crippen molar-refractivity contribution in [3.63, 3.8) is 0 Å². The van der Waals surface area contributed by atoms with E-state index in [1.54, 1.807) is 18.9 Å². The fraction of sp³-hybridized carbons (Fsp3) is 0.600. The average Bonchev–Trinajstić information content (AvgIpc) is 3.14. The molecule has 1 saturated carbocycles. The van der Waals surface area contributed by atoms with Crippen molar-refractivity contribution in [1.29, 1.82) is 0 Å². The summed E-state index contributed by atoms with van der Waals surface area (Å²) in [5, 5.41) is 2.86.